The molecule has 2 aromatic heterocycles. The van der Waals surface area contributed by atoms with E-state index in [2.05, 4.69) is 47.5 Å². The second kappa shape index (κ2) is 8.50. The number of aromatic nitrogens is 3. The van der Waals surface area contributed by atoms with Crippen molar-refractivity contribution in [2.24, 2.45) is 5.92 Å². The molecule has 1 aromatic carbocycles. The Bertz CT molecular complexity index is 1270. The Morgan fingerprint density at radius 1 is 1.18 bits per heavy atom. The van der Waals surface area contributed by atoms with Gasteiger partial charge in [0.1, 0.15) is 20.0 Å². The first-order valence-corrected chi connectivity index (χ1v) is 15.3. The molecule has 2 fully saturated rings. The fraction of sp³-hybridized carbons (Fsp3) is 0.462. The molecule has 3 aromatic rings. The van der Waals surface area contributed by atoms with Crippen LogP contribution in [0.1, 0.15) is 25.8 Å². The van der Waals surface area contributed by atoms with Gasteiger partial charge in [0.15, 0.2) is 11.4 Å². The third-order valence-electron chi connectivity index (χ3n) is 6.25. The third-order valence-corrected chi connectivity index (χ3v) is 7.12. The fourth-order valence-corrected chi connectivity index (χ4v) is 5.28. The van der Waals surface area contributed by atoms with Gasteiger partial charge < -0.3 is 19.9 Å². The van der Waals surface area contributed by atoms with Crippen molar-refractivity contribution in [3.8, 4) is 22.7 Å². The summed E-state index contributed by atoms with van der Waals surface area (Å²) >= 11 is 0. The molecule has 8 heteroatoms. The highest BCUT2D eigenvalue weighted by atomic mass is 28.3. The number of nitrogens with one attached hydrogen (secondary N) is 1. The summed E-state index contributed by atoms with van der Waals surface area (Å²) in [5.74, 6) is 3.55. The molecule has 0 radical (unpaired) electrons. The van der Waals surface area contributed by atoms with E-state index in [1.165, 1.54) is 0 Å². The molecule has 178 valence electrons. The van der Waals surface area contributed by atoms with Crippen LogP contribution in [0, 0.1) is 17.4 Å². The molecule has 7 nitrogen and oxygen atoms in total. The van der Waals surface area contributed by atoms with Crippen molar-refractivity contribution in [3.63, 3.8) is 0 Å². The largest absolute Gasteiger partial charge is 0.396 e. The quantitative estimate of drug-likeness (QED) is 0.439. The fourth-order valence-electron chi connectivity index (χ4n) is 4.76. The van der Waals surface area contributed by atoms with E-state index in [4.69, 9.17) is 14.6 Å². The number of rotatable bonds is 4. The van der Waals surface area contributed by atoms with E-state index in [0.717, 1.165) is 34.7 Å². The van der Waals surface area contributed by atoms with Crippen LogP contribution in [-0.2, 0) is 9.47 Å². The second-order valence-corrected chi connectivity index (χ2v) is 15.5. The van der Waals surface area contributed by atoms with Gasteiger partial charge in [0.2, 0.25) is 0 Å². The molecule has 4 atom stereocenters. The third kappa shape index (κ3) is 4.61. The zero-order chi connectivity index (χ0) is 24.1. The summed E-state index contributed by atoms with van der Waals surface area (Å²) in [6, 6.07) is 12.1. The first-order chi connectivity index (χ1) is 16.1. The molecule has 2 aliphatic rings. The Morgan fingerprint density at radius 3 is 2.74 bits per heavy atom. The predicted octanol–water partition coefficient (Wildman–Crippen LogP) is 3.94. The van der Waals surface area contributed by atoms with Crippen LogP contribution in [-0.4, -0.2) is 58.4 Å². The Labute approximate surface area is 201 Å². The van der Waals surface area contributed by atoms with Gasteiger partial charge in [-0.25, -0.2) is 4.98 Å². The SMILES string of the molecule is CC1(C)O[C@@H]2[C@@H](CO)C[C@@H](Nc3ccnc4cc(-c5cccc(C#C[Si](C)(C)C)c5)nn34)[C@@H]2O1. The molecular formula is C26H32N4O3Si. The van der Waals surface area contributed by atoms with Gasteiger partial charge in [0.05, 0.1) is 17.8 Å². The Hall–Kier alpha value is -2.70. The summed E-state index contributed by atoms with van der Waals surface area (Å²) in [7, 11) is -1.45. The molecule has 1 saturated carbocycles. The molecule has 0 amide bonds. The maximum atomic E-state index is 9.88. The smallest absolute Gasteiger partial charge is 0.163 e. The maximum Gasteiger partial charge on any atom is 0.163 e. The first kappa shape index (κ1) is 23.1. The Balaban J connectivity index is 1.43. The highest BCUT2D eigenvalue weighted by molar-refractivity contribution is 6.83. The van der Waals surface area contributed by atoms with Gasteiger partial charge in [0, 0.05) is 35.9 Å². The van der Waals surface area contributed by atoms with Crippen molar-refractivity contribution < 1.29 is 14.6 Å². The number of hydrogen-bond donors (Lipinski definition) is 2. The van der Waals surface area contributed by atoms with Crippen LogP contribution in [0.25, 0.3) is 16.9 Å². The number of aliphatic hydroxyl groups is 1. The summed E-state index contributed by atoms with van der Waals surface area (Å²) in [6.45, 7) is 10.6. The lowest BCUT2D eigenvalue weighted by atomic mass is 10.1. The van der Waals surface area contributed by atoms with E-state index in [1.54, 1.807) is 6.20 Å². The van der Waals surface area contributed by atoms with Crippen molar-refractivity contribution in [3.05, 3.63) is 48.2 Å². The summed E-state index contributed by atoms with van der Waals surface area (Å²) in [5, 5.41) is 18.3. The standard InChI is InChI=1S/C26H32N4O3Si/c1-26(2)32-24-19(16-31)14-21(25(24)33-26)28-22-9-11-27-23-15-20(29-30(22)23)18-8-6-7-17(13-18)10-12-34(3,4)5/h6-9,11,13,15,19,21,24-25,28,31H,14,16H2,1-5H3/t19-,21-,24-,25+/m1/s1. The number of benzene rings is 1. The zero-order valence-corrected chi connectivity index (χ0v) is 21.4. The molecule has 34 heavy (non-hydrogen) atoms. The number of ether oxygens (including phenoxy) is 2. The summed E-state index contributed by atoms with van der Waals surface area (Å²) in [6.07, 6.45) is 2.29. The topological polar surface area (TPSA) is 80.9 Å². The number of anilines is 1. The molecule has 1 aliphatic heterocycles. The molecular weight excluding hydrogens is 444 g/mol. The molecule has 3 heterocycles. The van der Waals surface area contributed by atoms with E-state index in [-0.39, 0.29) is 30.8 Å². The highest BCUT2D eigenvalue weighted by Gasteiger charge is 2.53. The van der Waals surface area contributed by atoms with Gasteiger partial charge in [-0.3, -0.25) is 0 Å². The van der Waals surface area contributed by atoms with Crippen molar-refractivity contribution in [2.75, 3.05) is 11.9 Å². The van der Waals surface area contributed by atoms with E-state index in [0.29, 0.717) is 0 Å². The monoisotopic (exact) mass is 476 g/mol. The van der Waals surface area contributed by atoms with Crippen molar-refractivity contribution in [1.82, 2.24) is 14.6 Å². The van der Waals surface area contributed by atoms with Gasteiger partial charge in [0.25, 0.3) is 0 Å². The van der Waals surface area contributed by atoms with E-state index in [9.17, 15) is 5.11 Å². The van der Waals surface area contributed by atoms with Crippen LogP contribution in [0.15, 0.2) is 42.6 Å². The summed E-state index contributed by atoms with van der Waals surface area (Å²) in [4.78, 5) is 4.52. The van der Waals surface area contributed by atoms with Crippen molar-refractivity contribution >= 4 is 19.5 Å². The minimum Gasteiger partial charge on any atom is -0.396 e. The number of hydrogen-bond acceptors (Lipinski definition) is 6. The van der Waals surface area contributed by atoms with E-state index >= 15 is 0 Å². The first-order valence-electron chi connectivity index (χ1n) is 11.8. The molecule has 2 N–H and O–H groups in total. The van der Waals surface area contributed by atoms with Gasteiger partial charge in [-0.1, -0.05) is 37.7 Å². The normalized spacial score (nSPS) is 25.7. The second-order valence-electron chi connectivity index (χ2n) is 10.7. The average molecular weight is 477 g/mol. The zero-order valence-electron chi connectivity index (χ0n) is 20.4. The Kier molecular flexibility index (Phi) is 5.77. The Morgan fingerprint density at radius 2 is 1.97 bits per heavy atom. The lowest BCUT2D eigenvalue weighted by Crippen LogP contribution is -2.35. The van der Waals surface area contributed by atoms with Crippen LogP contribution >= 0.6 is 0 Å². The van der Waals surface area contributed by atoms with Gasteiger partial charge in [-0.15, -0.1) is 5.54 Å². The summed E-state index contributed by atoms with van der Waals surface area (Å²) < 4.78 is 14.1. The minimum absolute atomic E-state index is 0.00217. The van der Waals surface area contributed by atoms with Crippen LogP contribution in [0.4, 0.5) is 5.82 Å². The predicted molar refractivity (Wildman–Crippen MR) is 135 cm³/mol. The van der Waals surface area contributed by atoms with Crippen molar-refractivity contribution in [1.29, 1.82) is 0 Å². The van der Waals surface area contributed by atoms with Gasteiger partial charge in [-0.05, 0) is 38.5 Å². The average Bonchev–Trinajstić information content (AvgIpc) is 3.44. The molecule has 5 rings (SSSR count). The molecule has 0 unspecified atom stereocenters. The lowest BCUT2D eigenvalue weighted by Gasteiger charge is -2.24. The lowest BCUT2D eigenvalue weighted by molar-refractivity contribution is -0.158. The summed E-state index contributed by atoms with van der Waals surface area (Å²) in [5.41, 5.74) is 7.04. The van der Waals surface area contributed by atoms with Crippen LogP contribution in [0.5, 0.6) is 0 Å². The molecule has 0 spiro atoms. The number of nitrogens with zero attached hydrogens (tertiary/aromatic N) is 3. The molecule has 1 aliphatic carbocycles. The minimum atomic E-state index is -1.45. The van der Waals surface area contributed by atoms with E-state index < -0.39 is 13.9 Å². The maximum absolute atomic E-state index is 9.88. The van der Waals surface area contributed by atoms with Crippen molar-refractivity contribution in [2.45, 2.75) is 63.9 Å². The van der Waals surface area contributed by atoms with Gasteiger partial charge >= 0.3 is 0 Å². The van der Waals surface area contributed by atoms with Gasteiger partial charge in [-0.2, -0.15) is 9.61 Å². The van der Waals surface area contributed by atoms with Crippen LogP contribution < -0.4 is 5.32 Å². The number of aliphatic hydroxyl groups excluding tert-OH is 1. The number of fused-ring (bicyclic) bond motifs is 2. The van der Waals surface area contributed by atoms with Crippen LogP contribution in [0.3, 0.4) is 0 Å². The molecule has 0 bridgehead atoms. The molecule has 1 saturated heterocycles. The highest BCUT2D eigenvalue weighted by Crippen LogP contribution is 2.42. The van der Waals surface area contributed by atoms with E-state index in [1.807, 2.05) is 48.7 Å². The van der Waals surface area contributed by atoms with Crippen LogP contribution in [0.2, 0.25) is 19.6 Å².